The van der Waals surface area contributed by atoms with Gasteiger partial charge in [0.15, 0.2) is 0 Å². The van der Waals surface area contributed by atoms with E-state index >= 15 is 0 Å². The highest BCUT2D eigenvalue weighted by Gasteiger charge is 2.23. The number of hydrogen-bond donors (Lipinski definition) is 1. The Labute approximate surface area is 114 Å². The zero-order valence-electron chi connectivity index (χ0n) is 11.7. The summed E-state index contributed by atoms with van der Waals surface area (Å²) >= 11 is 0. The lowest BCUT2D eigenvalue weighted by Gasteiger charge is -2.25. The average Bonchev–Trinajstić information content (AvgIpc) is 2.92. The van der Waals surface area contributed by atoms with Crippen LogP contribution in [0, 0.1) is 0 Å². The minimum absolute atomic E-state index is 0.0993. The van der Waals surface area contributed by atoms with Crippen molar-refractivity contribution in [2.45, 2.75) is 38.0 Å². The summed E-state index contributed by atoms with van der Waals surface area (Å²) in [6.45, 7) is 3.38. The van der Waals surface area contributed by atoms with Crippen LogP contribution >= 0.6 is 0 Å². The first-order valence-corrected chi connectivity index (χ1v) is 6.84. The summed E-state index contributed by atoms with van der Waals surface area (Å²) in [6.07, 6.45) is 2.22. The first kappa shape index (κ1) is 14.3. The monoisotopic (exact) mass is 265 g/mol. The lowest BCUT2D eigenvalue weighted by Crippen LogP contribution is -2.29. The van der Waals surface area contributed by atoms with Crippen molar-refractivity contribution in [2.24, 2.45) is 5.73 Å². The van der Waals surface area contributed by atoms with E-state index in [9.17, 15) is 0 Å². The SMILES string of the molecule is COc1ccccc1C(OCC1CCCO1)C(C)N. The molecule has 4 heteroatoms. The zero-order valence-corrected chi connectivity index (χ0v) is 11.7. The van der Waals surface area contributed by atoms with Gasteiger partial charge in [0.25, 0.3) is 0 Å². The summed E-state index contributed by atoms with van der Waals surface area (Å²) in [6, 6.07) is 7.75. The smallest absolute Gasteiger partial charge is 0.124 e. The minimum atomic E-state index is -0.166. The molecular formula is C15H23NO3. The van der Waals surface area contributed by atoms with E-state index in [1.807, 2.05) is 31.2 Å². The fourth-order valence-electron chi connectivity index (χ4n) is 2.41. The van der Waals surface area contributed by atoms with Crippen LogP contribution in [0.3, 0.4) is 0 Å². The molecule has 1 aromatic rings. The fourth-order valence-corrected chi connectivity index (χ4v) is 2.41. The van der Waals surface area contributed by atoms with Crippen LogP contribution in [0.5, 0.6) is 5.75 Å². The number of para-hydroxylation sites is 1. The largest absolute Gasteiger partial charge is 0.496 e. The highest BCUT2D eigenvalue weighted by Crippen LogP contribution is 2.30. The number of methoxy groups -OCH3 is 1. The van der Waals surface area contributed by atoms with Crippen LogP contribution in [0.25, 0.3) is 0 Å². The molecule has 0 aromatic heterocycles. The molecule has 1 aliphatic heterocycles. The summed E-state index contributed by atoms with van der Waals surface area (Å²) < 4.78 is 16.9. The maximum Gasteiger partial charge on any atom is 0.124 e. The van der Waals surface area contributed by atoms with Crippen LogP contribution < -0.4 is 10.5 Å². The highest BCUT2D eigenvalue weighted by atomic mass is 16.5. The predicted molar refractivity (Wildman–Crippen MR) is 74.3 cm³/mol. The van der Waals surface area contributed by atoms with Gasteiger partial charge in [-0.05, 0) is 25.8 Å². The molecule has 2 rings (SSSR count). The first-order chi connectivity index (χ1) is 9.22. The predicted octanol–water partition coefficient (Wildman–Crippen LogP) is 2.28. The Morgan fingerprint density at radius 1 is 1.42 bits per heavy atom. The molecule has 0 amide bonds. The summed E-state index contributed by atoms with van der Waals surface area (Å²) in [5, 5.41) is 0. The molecule has 1 fully saturated rings. The Morgan fingerprint density at radius 2 is 2.21 bits per heavy atom. The molecule has 0 aliphatic carbocycles. The van der Waals surface area contributed by atoms with E-state index in [-0.39, 0.29) is 18.2 Å². The molecule has 0 radical (unpaired) electrons. The first-order valence-electron chi connectivity index (χ1n) is 6.84. The molecule has 106 valence electrons. The Balaban J connectivity index is 2.05. The number of ether oxygens (including phenoxy) is 3. The van der Waals surface area contributed by atoms with Crippen LogP contribution in [0.4, 0.5) is 0 Å². The highest BCUT2D eigenvalue weighted by molar-refractivity contribution is 5.35. The van der Waals surface area contributed by atoms with Crippen LogP contribution in [-0.4, -0.2) is 32.5 Å². The Bertz CT molecular complexity index is 389. The molecule has 19 heavy (non-hydrogen) atoms. The minimum Gasteiger partial charge on any atom is -0.496 e. The zero-order chi connectivity index (χ0) is 13.7. The van der Waals surface area contributed by atoms with Gasteiger partial charge in [-0.15, -0.1) is 0 Å². The summed E-state index contributed by atoms with van der Waals surface area (Å²) in [7, 11) is 1.66. The Hall–Kier alpha value is -1.10. The van der Waals surface area contributed by atoms with Crippen LogP contribution in [0.1, 0.15) is 31.4 Å². The molecule has 4 nitrogen and oxygen atoms in total. The molecule has 1 saturated heterocycles. The van der Waals surface area contributed by atoms with E-state index in [1.165, 1.54) is 0 Å². The van der Waals surface area contributed by atoms with Crippen molar-refractivity contribution in [3.8, 4) is 5.75 Å². The number of rotatable bonds is 6. The summed E-state index contributed by atoms with van der Waals surface area (Å²) in [4.78, 5) is 0. The van der Waals surface area contributed by atoms with E-state index < -0.39 is 0 Å². The van der Waals surface area contributed by atoms with Gasteiger partial charge < -0.3 is 19.9 Å². The van der Waals surface area contributed by atoms with Crippen LogP contribution in [-0.2, 0) is 9.47 Å². The molecule has 3 unspecified atom stereocenters. The number of hydrogen-bond acceptors (Lipinski definition) is 4. The van der Waals surface area contributed by atoms with Gasteiger partial charge in [-0.25, -0.2) is 0 Å². The third kappa shape index (κ3) is 3.69. The summed E-state index contributed by atoms with van der Waals surface area (Å²) in [5.74, 6) is 0.817. The van der Waals surface area contributed by atoms with E-state index in [1.54, 1.807) is 7.11 Å². The molecule has 1 heterocycles. The van der Waals surface area contributed by atoms with Gasteiger partial charge >= 0.3 is 0 Å². The summed E-state index contributed by atoms with van der Waals surface area (Å²) in [5.41, 5.74) is 7.05. The maximum atomic E-state index is 6.06. The van der Waals surface area contributed by atoms with Gasteiger partial charge in [-0.3, -0.25) is 0 Å². The van der Waals surface area contributed by atoms with Gasteiger partial charge in [0, 0.05) is 18.2 Å². The molecular weight excluding hydrogens is 242 g/mol. The quantitative estimate of drug-likeness (QED) is 0.857. The van der Waals surface area contributed by atoms with Crippen LogP contribution in [0.15, 0.2) is 24.3 Å². The van der Waals surface area contributed by atoms with Gasteiger partial charge in [-0.1, -0.05) is 18.2 Å². The van der Waals surface area contributed by atoms with Crippen molar-refractivity contribution >= 4 is 0 Å². The lowest BCUT2D eigenvalue weighted by atomic mass is 10.0. The van der Waals surface area contributed by atoms with E-state index in [0.29, 0.717) is 6.61 Å². The molecule has 3 atom stereocenters. The third-order valence-electron chi connectivity index (χ3n) is 3.41. The van der Waals surface area contributed by atoms with E-state index in [2.05, 4.69) is 0 Å². The Morgan fingerprint density at radius 3 is 2.84 bits per heavy atom. The molecule has 2 N–H and O–H groups in total. The average molecular weight is 265 g/mol. The third-order valence-corrected chi connectivity index (χ3v) is 3.41. The van der Waals surface area contributed by atoms with Gasteiger partial charge in [0.05, 0.1) is 19.8 Å². The lowest BCUT2D eigenvalue weighted by molar-refractivity contribution is -0.0293. The van der Waals surface area contributed by atoms with Crippen molar-refractivity contribution in [1.82, 2.24) is 0 Å². The van der Waals surface area contributed by atoms with Crippen molar-refractivity contribution in [2.75, 3.05) is 20.3 Å². The van der Waals surface area contributed by atoms with Crippen molar-refractivity contribution in [3.05, 3.63) is 29.8 Å². The van der Waals surface area contributed by atoms with Gasteiger partial charge in [-0.2, -0.15) is 0 Å². The topological polar surface area (TPSA) is 53.7 Å². The van der Waals surface area contributed by atoms with E-state index in [4.69, 9.17) is 19.9 Å². The number of benzene rings is 1. The molecule has 1 aromatic carbocycles. The van der Waals surface area contributed by atoms with Crippen molar-refractivity contribution in [1.29, 1.82) is 0 Å². The molecule has 0 spiro atoms. The Kier molecular flexibility index (Phi) is 5.19. The van der Waals surface area contributed by atoms with Crippen molar-refractivity contribution in [3.63, 3.8) is 0 Å². The molecule has 0 saturated carbocycles. The normalized spacial score (nSPS) is 22.2. The molecule has 1 aliphatic rings. The second-order valence-electron chi connectivity index (χ2n) is 4.99. The second-order valence-corrected chi connectivity index (χ2v) is 4.99. The maximum absolute atomic E-state index is 6.06. The standard InChI is InChI=1S/C15H23NO3/c1-11(16)15(19-10-12-6-5-9-18-12)13-7-3-4-8-14(13)17-2/h3-4,7-8,11-12,15H,5-6,9-10,16H2,1-2H3. The van der Waals surface area contributed by atoms with E-state index in [0.717, 1.165) is 30.8 Å². The van der Waals surface area contributed by atoms with Gasteiger partial charge in [0.1, 0.15) is 11.9 Å². The number of nitrogens with two attached hydrogens (primary N) is 1. The molecule has 0 bridgehead atoms. The van der Waals surface area contributed by atoms with Crippen LogP contribution in [0.2, 0.25) is 0 Å². The van der Waals surface area contributed by atoms with Crippen molar-refractivity contribution < 1.29 is 14.2 Å². The fraction of sp³-hybridized carbons (Fsp3) is 0.600. The second kappa shape index (κ2) is 6.89. The van der Waals surface area contributed by atoms with Gasteiger partial charge in [0.2, 0.25) is 0 Å².